The first kappa shape index (κ1) is 20.2. The van der Waals surface area contributed by atoms with Crippen LogP contribution in [0.4, 0.5) is 5.69 Å². The van der Waals surface area contributed by atoms with E-state index in [9.17, 15) is 10.1 Å². The van der Waals surface area contributed by atoms with E-state index in [1.54, 1.807) is 18.6 Å². The number of amides is 1. The molecular formula is C27H19N5O. The summed E-state index contributed by atoms with van der Waals surface area (Å²) in [6.07, 6.45) is 7.19. The smallest absolute Gasteiger partial charge is 0.228 e. The molecule has 1 N–H and O–H groups in total. The van der Waals surface area contributed by atoms with Crippen LogP contribution >= 0.6 is 0 Å². The van der Waals surface area contributed by atoms with Crippen molar-refractivity contribution in [1.82, 2.24) is 14.5 Å². The van der Waals surface area contributed by atoms with E-state index in [1.165, 1.54) is 0 Å². The van der Waals surface area contributed by atoms with Crippen molar-refractivity contribution in [2.75, 3.05) is 5.32 Å². The Morgan fingerprint density at radius 1 is 0.939 bits per heavy atom. The number of nitrogens with one attached hydrogen (secondary N) is 1. The van der Waals surface area contributed by atoms with Gasteiger partial charge >= 0.3 is 0 Å². The molecule has 0 fully saturated rings. The molecule has 0 unspecified atom stereocenters. The third kappa shape index (κ3) is 4.08. The van der Waals surface area contributed by atoms with E-state index in [4.69, 9.17) is 0 Å². The lowest BCUT2D eigenvalue weighted by Gasteiger charge is -2.10. The van der Waals surface area contributed by atoms with Gasteiger partial charge < -0.3 is 9.88 Å². The number of hydrogen-bond donors (Lipinski definition) is 1. The van der Waals surface area contributed by atoms with Crippen molar-refractivity contribution < 1.29 is 4.79 Å². The largest absolute Gasteiger partial charge is 0.326 e. The molecule has 0 radical (unpaired) electrons. The number of fused-ring (bicyclic) bond motifs is 1. The summed E-state index contributed by atoms with van der Waals surface area (Å²) in [5.41, 5.74) is 5.88. The molecule has 0 aliphatic rings. The van der Waals surface area contributed by atoms with Gasteiger partial charge in [-0.1, -0.05) is 24.3 Å². The fraction of sp³-hybridized carbons (Fsp3) is 0.0370. The first-order chi connectivity index (χ1) is 16.2. The molecule has 33 heavy (non-hydrogen) atoms. The lowest BCUT2D eigenvalue weighted by molar-refractivity contribution is -0.115. The first-order valence-corrected chi connectivity index (χ1v) is 10.5. The average molecular weight is 429 g/mol. The maximum atomic E-state index is 12.4. The van der Waals surface area contributed by atoms with Crippen molar-refractivity contribution in [3.63, 3.8) is 0 Å². The zero-order valence-electron chi connectivity index (χ0n) is 17.6. The molecule has 2 aromatic carbocycles. The minimum absolute atomic E-state index is 0.110. The molecule has 0 aliphatic carbocycles. The highest BCUT2D eigenvalue weighted by atomic mass is 16.1. The molecule has 0 saturated heterocycles. The van der Waals surface area contributed by atoms with E-state index >= 15 is 0 Å². The van der Waals surface area contributed by atoms with Crippen molar-refractivity contribution in [2.24, 2.45) is 0 Å². The molecule has 6 nitrogen and oxygen atoms in total. The van der Waals surface area contributed by atoms with Crippen molar-refractivity contribution in [3.8, 4) is 22.9 Å². The standard InChI is InChI=1S/C27H19N5O/c28-16-23-15-25-24(20-5-3-13-30-18-20)6-1-7-26(25)32(23)22-10-8-21(9-11-22)31-27(33)14-19-4-2-12-29-17-19/h1-13,15,17-18H,14H2,(H,31,33). The van der Waals surface area contributed by atoms with E-state index in [0.717, 1.165) is 33.3 Å². The van der Waals surface area contributed by atoms with Gasteiger partial charge in [0.2, 0.25) is 5.91 Å². The molecule has 0 atom stereocenters. The zero-order valence-corrected chi connectivity index (χ0v) is 17.6. The van der Waals surface area contributed by atoms with Gasteiger partial charge in [0.05, 0.1) is 11.9 Å². The zero-order chi connectivity index (χ0) is 22.6. The number of carbonyl (C=O) groups is 1. The summed E-state index contributed by atoms with van der Waals surface area (Å²) in [7, 11) is 0. The van der Waals surface area contributed by atoms with Gasteiger partial charge in [0.15, 0.2) is 0 Å². The highest BCUT2D eigenvalue weighted by Crippen LogP contribution is 2.32. The summed E-state index contributed by atoms with van der Waals surface area (Å²) >= 11 is 0. The van der Waals surface area contributed by atoms with Crippen LogP contribution in [0.5, 0.6) is 0 Å². The van der Waals surface area contributed by atoms with Gasteiger partial charge in [-0.3, -0.25) is 14.8 Å². The third-order valence-electron chi connectivity index (χ3n) is 5.43. The molecule has 0 spiro atoms. The number of carbonyl (C=O) groups excluding carboxylic acids is 1. The van der Waals surface area contributed by atoms with Gasteiger partial charge in [0, 0.05) is 47.1 Å². The predicted octanol–water partition coefficient (Wildman–Crippen LogP) is 5.14. The maximum absolute atomic E-state index is 12.4. The summed E-state index contributed by atoms with van der Waals surface area (Å²) < 4.78 is 1.93. The molecule has 5 aromatic rings. The highest BCUT2D eigenvalue weighted by molar-refractivity contribution is 5.97. The molecule has 0 saturated carbocycles. The lowest BCUT2D eigenvalue weighted by atomic mass is 10.0. The molecule has 0 aliphatic heterocycles. The molecule has 5 rings (SSSR count). The Morgan fingerprint density at radius 2 is 1.73 bits per heavy atom. The van der Waals surface area contributed by atoms with Crippen LogP contribution in [0.25, 0.3) is 27.7 Å². The van der Waals surface area contributed by atoms with Crippen molar-refractivity contribution >= 4 is 22.5 Å². The van der Waals surface area contributed by atoms with Crippen LogP contribution in [0.3, 0.4) is 0 Å². The molecule has 0 bridgehead atoms. The maximum Gasteiger partial charge on any atom is 0.228 e. The fourth-order valence-corrected chi connectivity index (χ4v) is 3.95. The summed E-state index contributed by atoms with van der Waals surface area (Å²) in [6.45, 7) is 0. The topological polar surface area (TPSA) is 83.6 Å². The fourth-order valence-electron chi connectivity index (χ4n) is 3.95. The Labute approximate surface area is 190 Å². The average Bonchev–Trinajstić information content (AvgIpc) is 3.24. The van der Waals surface area contributed by atoms with Crippen molar-refractivity contribution in [1.29, 1.82) is 5.26 Å². The van der Waals surface area contributed by atoms with Crippen LogP contribution in [-0.4, -0.2) is 20.4 Å². The van der Waals surface area contributed by atoms with Crippen LogP contribution in [0, 0.1) is 11.3 Å². The minimum atomic E-state index is -0.110. The highest BCUT2D eigenvalue weighted by Gasteiger charge is 2.14. The molecule has 6 heteroatoms. The SMILES string of the molecule is N#Cc1cc2c(-c3cccnc3)cccc2n1-c1ccc(NC(=O)Cc2cccnc2)cc1. The van der Waals surface area contributed by atoms with Crippen LogP contribution in [0.1, 0.15) is 11.3 Å². The van der Waals surface area contributed by atoms with Crippen LogP contribution in [-0.2, 0) is 11.2 Å². The Morgan fingerprint density at radius 3 is 2.42 bits per heavy atom. The molecule has 3 aromatic heterocycles. The molecule has 1 amide bonds. The monoisotopic (exact) mass is 429 g/mol. The summed E-state index contributed by atoms with van der Waals surface area (Å²) in [4.78, 5) is 20.6. The van der Waals surface area contributed by atoms with E-state index < -0.39 is 0 Å². The predicted molar refractivity (Wildman–Crippen MR) is 128 cm³/mol. The molecular weight excluding hydrogens is 410 g/mol. The summed E-state index contributed by atoms with van der Waals surface area (Å²) in [5.74, 6) is -0.110. The second-order valence-corrected chi connectivity index (χ2v) is 7.59. The van der Waals surface area contributed by atoms with E-state index in [1.807, 2.05) is 83.6 Å². The number of nitriles is 1. The van der Waals surface area contributed by atoms with Crippen LogP contribution in [0.15, 0.2) is 97.6 Å². The number of benzene rings is 2. The van der Waals surface area contributed by atoms with Crippen molar-refractivity contribution in [2.45, 2.75) is 6.42 Å². The van der Waals surface area contributed by atoms with Crippen LogP contribution < -0.4 is 5.32 Å². The number of anilines is 1. The van der Waals surface area contributed by atoms with E-state index in [2.05, 4.69) is 21.4 Å². The first-order valence-electron chi connectivity index (χ1n) is 10.5. The summed E-state index contributed by atoms with van der Waals surface area (Å²) in [6, 6.07) is 25.3. The van der Waals surface area contributed by atoms with E-state index in [0.29, 0.717) is 11.4 Å². The molecule has 158 valence electrons. The van der Waals surface area contributed by atoms with Gasteiger partial charge in [0.25, 0.3) is 0 Å². The van der Waals surface area contributed by atoms with Gasteiger partial charge in [-0.25, -0.2) is 0 Å². The third-order valence-corrected chi connectivity index (χ3v) is 5.43. The number of rotatable bonds is 5. The Kier molecular flexibility index (Phi) is 5.36. The second-order valence-electron chi connectivity index (χ2n) is 7.59. The van der Waals surface area contributed by atoms with E-state index in [-0.39, 0.29) is 12.3 Å². The normalized spacial score (nSPS) is 10.6. The van der Waals surface area contributed by atoms with Gasteiger partial charge in [-0.2, -0.15) is 5.26 Å². The van der Waals surface area contributed by atoms with Gasteiger partial charge in [0.1, 0.15) is 11.8 Å². The van der Waals surface area contributed by atoms with Gasteiger partial charge in [-0.15, -0.1) is 0 Å². The number of nitrogens with zero attached hydrogens (tertiary/aromatic N) is 4. The van der Waals surface area contributed by atoms with Crippen LogP contribution in [0.2, 0.25) is 0 Å². The summed E-state index contributed by atoms with van der Waals surface area (Å²) in [5, 5.41) is 13.7. The lowest BCUT2D eigenvalue weighted by Crippen LogP contribution is -2.14. The number of aromatic nitrogens is 3. The Balaban J connectivity index is 1.46. The molecule has 3 heterocycles. The minimum Gasteiger partial charge on any atom is -0.326 e. The Bertz CT molecular complexity index is 1470. The quantitative estimate of drug-likeness (QED) is 0.419. The second kappa shape index (κ2) is 8.77. The van der Waals surface area contributed by atoms with Crippen molar-refractivity contribution in [3.05, 3.63) is 109 Å². The number of hydrogen-bond acceptors (Lipinski definition) is 4. The Hall–Kier alpha value is -4.76. The van der Waals surface area contributed by atoms with Gasteiger partial charge in [-0.05, 0) is 59.7 Å². The number of pyridine rings is 2.